The Balaban J connectivity index is 2.04. The van der Waals surface area contributed by atoms with E-state index in [0.717, 1.165) is 30.5 Å². The minimum atomic E-state index is 0.484. The first kappa shape index (κ1) is 10.7. The number of aromatic nitrogens is 2. The zero-order chi connectivity index (χ0) is 10.7. The lowest BCUT2D eigenvalue weighted by Gasteiger charge is -2.15. The highest BCUT2D eigenvalue weighted by atomic mass is 35.5. The van der Waals surface area contributed by atoms with E-state index in [1.54, 1.807) is 0 Å². The molecule has 2 heterocycles. The smallest absolute Gasteiger partial charge is 0.225 e. The number of alkyl halides is 1. The summed E-state index contributed by atoms with van der Waals surface area (Å²) in [4.78, 5) is 10.9. The van der Waals surface area contributed by atoms with Crippen molar-refractivity contribution in [3.63, 3.8) is 0 Å². The van der Waals surface area contributed by atoms with Crippen molar-refractivity contribution in [1.29, 1.82) is 0 Å². The molecule has 15 heavy (non-hydrogen) atoms. The lowest BCUT2D eigenvalue weighted by molar-refractivity contribution is 0.568. The Kier molecular flexibility index (Phi) is 3.41. The first-order valence-corrected chi connectivity index (χ1v) is 5.98. The van der Waals surface area contributed by atoms with E-state index in [0.29, 0.717) is 5.88 Å². The van der Waals surface area contributed by atoms with Gasteiger partial charge in [0, 0.05) is 31.0 Å². The highest BCUT2D eigenvalue weighted by molar-refractivity contribution is 6.17. The molecule has 0 bridgehead atoms. The maximum absolute atomic E-state index is 5.69. The van der Waals surface area contributed by atoms with Crippen LogP contribution in [0, 0.1) is 5.92 Å². The Morgan fingerprint density at radius 3 is 2.73 bits per heavy atom. The van der Waals surface area contributed by atoms with E-state index < -0.39 is 0 Å². The summed E-state index contributed by atoms with van der Waals surface area (Å²) in [5.74, 6) is 2.14. The van der Waals surface area contributed by atoms with Crippen LogP contribution in [0.1, 0.15) is 25.3 Å². The third-order valence-corrected chi connectivity index (χ3v) is 3.30. The predicted octanol–water partition coefficient (Wildman–Crippen LogP) is 2.45. The topological polar surface area (TPSA) is 29.0 Å². The fourth-order valence-corrected chi connectivity index (χ4v) is 2.07. The van der Waals surface area contributed by atoms with Gasteiger partial charge in [0.2, 0.25) is 5.95 Å². The zero-order valence-electron chi connectivity index (χ0n) is 8.99. The van der Waals surface area contributed by atoms with Gasteiger partial charge in [0.15, 0.2) is 0 Å². The van der Waals surface area contributed by atoms with Crippen molar-refractivity contribution in [2.75, 3.05) is 18.0 Å². The second-order valence-corrected chi connectivity index (χ2v) is 4.30. The molecule has 1 unspecified atom stereocenters. The average molecular weight is 226 g/mol. The van der Waals surface area contributed by atoms with E-state index >= 15 is 0 Å². The monoisotopic (exact) mass is 225 g/mol. The normalized spacial score (nSPS) is 20.9. The van der Waals surface area contributed by atoms with Crippen LogP contribution in [0.2, 0.25) is 0 Å². The molecule has 1 aliphatic heterocycles. The number of rotatable bonds is 3. The molecular weight excluding hydrogens is 210 g/mol. The highest BCUT2D eigenvalue weighted by Crippen LogP contribution is 2.22. The SMILES string of the molecule is CCC1CCN(c2ncc(CCl)cn2)C1. The maximum atomic E-state index is 5.69. The molecule has 82 valence electrons. The standard InChI is InChI=1S/C11H16ClN3/c1-2-9-3-4-15(8-9)11-13-6-10(5-12)7-14-11/h6-7,9H,2-5,8H2,1H3. The minimum Gasteiger partial charge on any atom is -0.341 e. The summed E-state index contributed by atoms with van der Waals surface area (Å²) >= 11 is 5.69. The van der Waals surface area contributed by atoms with Gasteiger partial charge in [-0.2, -0.15) is 0 Å². The molecule has 0 N–H and O–H groups in total. The van der Waals surface area contributed by atoms with Crippen molar-refractivity contribution in [3.05, 3.63) is 18.0 Å². The van der Waals surface area contributed by atoms with E-state index in [1.807, 2.05) is 12.4 Å². The summed E-state index contributed by atoms with van der Waals surface area (Å²) in [7, 11) is 0. The predicted molar refractivity (Wildman–Crippen MR) is 62.2 cm³/mol. The highest BCUT2D eigenvalue weighted by Gasteiger charge is 2.22. The molecule has 0 saturated carbocycles. The summed E-state index contributed by atoms with van der Waals surface area (Å²) in [6, 6.07) is 0. The minimum absolute atomic E-state index is 0.484. The summed E-state index contributed by atoms with van der Waals surface area (Å²) in [6.45, 7) is 4.42. The van der Waals surface area contributed by atoms with Gasteiger partial charge in [0.05, 0.1) is 5.88 Å². The molecule has 1 saturated heterocycles. The Labute approximate surface area is 95.5 Å². The lowest BCUT2D eigenvalue weighted by Crippen LogP contribution is -2.21. The van der Waals surface area contributed by atoms with Crippen LogP contribution < -0.4 is 4.90 Å². The zero-order valence-corrected chi connectivity index (χ0v) is 9.74. The number of nitrogens with zero attached hydrogens (tertiary/aromatic N) is 3. The van der Waals surface area contributed by atoms with Crippen LogP contribution in [-0.4, -0.2) is 23.1 Å². The third-order valence-electron chi connectivity index (χ3n) is 2.99. The Hall–Kier alpha value is -0.830. The maximum Gasteiger partial charge on any atom is 0.225 e. The molecule has 4 heteroatoms. The summed E-state index contributed by atoms with van der Waals surface area (Å²) < 4.78 is 0. The number of hydrogen-bond acceptors (Lipinski definition) is 3. The molecule has 1 aromatic rings. The molecule has 1 fully saturated rings. The van der Waals surface area contributed by atoms with Crippen molar-refractivity contribution in [2.24, 2.45) is 5.92 Å². The summed E-state index contributed by atoms with van der Waals surface area (Å²) in [5.41, 5.74) is 0.978. The van der Waals surface area contributed by atoms with Gasteiger partial charge in [-0.25, -0.2) is 9.97 Å². The van der Waals surface area contributed by atoms with Crippen molar-refractivity contribution in [3.8, 4) is 0 Å². The second-order valence-electron chi connectivity index (χ2n) is 4.03. The van der Waals surface area contributed by atoms with Crippen molar-refractivity contribution >= 4 is 17.5 Å². The Morgan fingerprint density at radius 1 is 1.47 bits per heavy atom. The van der Waals surface area contributed by atoms with Gasteiger partial charge >= 0.3 is 0 Å². The Morgan fingerprint density at radius 2 is 2.20 bits per heavy atom. The molecule has 0 spiro atoms. The molecule has 1 aliphatic rings. The van der Waals surface area contributed by atoms with Gasteiger partial charge in [-0.15, -0.1) is 11.6 Å². The van der Waals surface area contributed by atoms with Crippen molar-refractivity contribution < 1.29 is 0 Å². The van der Waals surface area contributed by atoms with E-state index in [4.69, 9.17) is 11.6 Å². The van der Waals surface area contributed by atoms with Gasteiger partial charge < -0.3 is 4.90 Å². The molecule has 0 amide bonds. The fraction of sp³-hybridized carbons (Fsp3) is 0.636. The largest absolute Gasteiger partial charge is 0.341 e. The van der Waals surface area contributed by atoms with Crippen LogP contribution in [0.5, 0.6) is 0 Å². The van der Waals surface area contributed by atoms with Crippen LogP contribution >= 0.6 is 11.6 Å². The number of hydrogen-bond donors (Lipinski definition) is 0. The second kappa shape index (κ2) is 4.79. The van der Waals surface area contributed by atoms with Gasteiger partial charge in [0.25, 0.3) is 0 Å². The van der Waals surface area contributed by atoms with Crippen molar-refractivity contribution in [1.82, 2.24) is 9.97 Å². The molecule has 0 radical (unpaired) electrons. The van der Waals surface area contributed by atoms with E-state index in [1.165, 1.54) is 12.8 Å². The Bertz CT molecular complexity index is 312. The van der Waals surface area contributed by atoms with Gasteiger partial charge in [-0.05, 0) is 12.3 Å². The molecule has 1 atom stereocenters. The molecule has 0 aliphatic carbocycles. The van der Waals surface area contributed by atoms with Crippen LogP contribution in [0.3, 0.4) is 0 Å². The van der Waals surface area contributed by atoms with Crippen LogP contribution in [0.15, 0.2) is 12.4 Å². The van der Waals surface area contributed by atoms with Gasteiger partial charge in [0.1, 0.15) is 0 Å². The molecule has 2 rings (SSSR count). The van der Waals surface area contributed by atoms with Crippen LogP contribution in [0.4, 0.5) is 5.95 Å². The summed E-state index contributed by atoms with van der Waals surface area (Å²) in [6.07, 6.45) is 6.14. The molecule has 0 aromatic carbocycles. The quantitative estimate of drug-likeness (QED) is 0.740. The first-order valence-electron chi connectivity index (χ1n) is 5.45. The van der Waals surface area contributed by atoms with E-state index in [-0.39, 0.29) is 0 Å². The summed E-state index contributed by atoms with van der Waals surface area (Å²) in [5, 5.41) is 0. The lowest BCUT2D eigenvalue weighted by atomic mass is 10.1. The number of halogens is 1. The molecule has 3 nitrogen and oxygen atoms in total. The fourth-order valence-electron chi connectivity index (χ4n) is 1.93. The van der Waals surface area contributed by atoms with E-state index in [2.05, 4.69) is 21.8 Å². The molecular formula is C11H16ClN3. The van der Waals surface area contributed by atoms with Gasteiger partial charge in [-0.1, -0.05) is 13.3 Å². The van der Waals surface area contributed by atoms with E-state index in [9.17, 15) is 0 Å². The third kappa shape index (κ3) is 2.40. The van der Waals surface area contributed by atoms with Crippen LogP contribution in [-0.2, 0) is 5.88 Å². The van der Waals surface area contributed by atoms with Crippen LogP contribution in [0.25, 0.3) is 0 Å². The number of anilines is 1. The molecule has 1 aromatic heterocycles. The van der Waals surface area contributed by atoms with Crippen molar-refractivity contribution in [2.45, 2.75) is 25.6 Å². The average Bonchev–Trinajstić information content (AvgIpc) is 2.78. The van der Waals surface area contributed by atoms with Gasteiger partial charge in [-0.3, -0.25) is 0 Å². The first-order chi connectivity index (χ1) is 7.33.